The van der Waals surface area contributed by atoms with Crippen molar-refractivity contribution in [2.75, 3.05) is 11.5 Å². The Kier molecular flexibility index (Phi) is 3.52. The second-order valence-corrected chi connectivity index (χ2v) is 5.85. The average molecular weight is 261 g/mol. The first kappa shape index (κ1) is 12.3. The fraction of sp³-hybridized carbons (Fsp3) is 0.727. The maximum absolute atomic E-state index is 10.4. The van der Waals surface area contributed by atoms with Crippen LogP contribution in [0.15, 0.2) is 0 Å². The normalized spacial score (nSPS) is 25.2. The van der Waals surface area contributed by atoms with E-state index in [1.807, 2.05) is 18.5 Å². The van der Waals surface area contributed by atoms with E-state index in [0.717, 1.165) is 35.9 Å². The van der Waals surface area contributed by atoms with Crippen LogP contribution >= 0.6 is 23.4 Å². The Labute approximate surface area is 105 Å². The van der Waals surface area contributed by atoms with Gasteiger partial charge in [-0.25, -0.2) is 0 Å². The van der Waals surface area contributed by atoms with Gasteiger partial charge in [0.25, 0.3) is 0 Å². The van der Waals surface area contributed by atoms with Crippen molar-refractivity contribution >= 4 is 23.4 Å². The smallest absolute Gasteiger partial charge is 0.0848 e. The molecule has 0 aromatic carbocycles. The summed E-state index contributed by atoms with van der Waals surface area (Å²) >= 11 is 8.04. The van der Waals surface area contributed by atoms with E-state index in [1.54, 1.807) is 11.8 Å². The molecule has 1 aromatic heterocycles. The van der Waals surface area contributed by atoms with Crippen molar-refractivity contribution in [1.82, 2.24) is 9.78 Å². The van der Waals surface area contributed by atoms with Crippen LogP contribution in [0.5, 0.6) is 0 Å². The molecule has 1 saturated heterocycles. The zero-order valence-electron chi connectivity index (χ0n) is 9.66. The molecule has 5 heteroatoms. The molecule has 1 fully saturated rings. The van der Waals surface area contributed by atoms with Crippen LogP contribution in [0.25, 0.3) is 0 Å². The minimum absolute atomic E-state index is 0.590. The summed E-state index contributed by atoms with van der Waals surface area (Å²) in [6, 6.07) is 0. The molecular weight excluding hydrogens is 244 g/mol. The van der Waals surface area contributed by atoms with Crippen LogP contribution in [0.1, 0.15) is 24.7 Å². The van der Waals surface area contributed by atoms with E-state index in [0.29, 0.717) is 11.4 Å². The summed E-state index contributed by atoms with van der Waals surface area (Å²) in [6.45, 7) is 4.75. The number of aryl methyl sites for hydroxylation is 2. The fourth-order valence-electron chi connectivity index (χ4n) is 2.09. The van der Waals surface area contributed by atoms with Gasteiger partial charge in [-0.1, -0.05) is 11.6 Å². The zero-order chi connectivity index (χ0) is 11.8. The lowest BCUT2D eigenvalue weighted by Crippen LogP contribution is -2.32. The van der Waals surface area contributed by atoms with Crippen LogP contribution in [0.4, 0.5) is 0 Å². The van der Waals surface area contributed by atoms with E-state index < -0.39 is 5.60 Å². The van der Waals surface area contributed by atoms with Crippen LogP contribution in [0.2, 0.25) is 5.02 Å². The van der Waals surface area contributed by atoms with Gasteiger partial charge < -0.3 is 5.11 Å². The third kappa shape index (κ3) is 2.24. The minimum atomic E-state index is -0.590. The highest BCUT2D eigenvalue weighted by Gasteiger charge is 2.34. The molecule has 0 amide bonds. The molecule has 0 saturated carbocycles. The van der Waals surface area contributed by atoms with E-state index in [2.05, 4.69) is 5.10 Å². The molecule has 16 heavy (non-hydrogen) atoms. The van der Waals surface area contributed by atoms with Crippen molar-refractivity contribution < 1.29 is 5.11 Å². The van der Waals surface area contributed by atoms with Crippen molar-refractivity contribution in [1.29, 1.82) is 0 Å². The molecule has 1 atom stereocenters. The number of hydrogen-bond acceptors (Lipinski definition) is 3. The predicted molar refractivity (Wildman–Crippen MR) is 68.2 cm³/mol. The quantitative estimate of drug-likeness (QED) is 0.906. The number of hydrogen-bond donors (Lipinski definition) is 1. The standard InChI is InChI=1S/C11H17ClN2OS/c1-3-14-9(10(12)8(2)13-14)6-11(15)4-5-16-7-11/h15H,3-7H2,1-2H3. The third-order valence-electron chi connectivity index (χ3n) is 3.03. The van der Waals surface area contributed by atoms with Gasteiger partial charge in [-0.3, -0.25) is 4.68 Å². The summed E-state index contributed by atoms with van der Waals surface area (Å²) in [5, 5.41) is 15.5. The maximum atomic E-state index is 10.4. The Bertz CT molecular complexity index is 386. The number of nitrogens with zero attached hydrogens (tertiary/aromatic N) is 2. The Hall–Kier alpha value is -0.190. The molecule has 0 aliphatic carbocycles. The van der Waals surface area contributed by atoms with Crippen LogP contribution < -0.4 is 0 Å². The Morgan fingerprint density at radius 1 is 1.62 bits per heavy atom. The first-order valence-corrected chi connectivity index (χ1v) is 7.11. The van der Waals surface area contributed by atoms with E-state index in [4.69, 9.17) is 11.6 Å². The maximum Gasteiger partial charge on any atom is 0.0848 e. The number of rotatable bonds is 3. The van der Waals surface area contributed by atoms with E-state index >= 15 is 0 Å². The summed E-state index contributed by atoms with van der Waals surface area (Å²) in [6.07, 6.45) is 1.47. The summed E-state index contributed by atoms with van der Waals surface area (Å²) in [4.78, 5) is 0. The number of halogens is 1. The number of aromatic nitrogens is 2. The topological polar surface area (TPSA) is 38.0 Å². The molecular formula is C11H17ClN2OS. The fourth-order valence-corrected chi connectivity index (χ4v) is 3.58. The largest absolute Gasteiger partial charge is 0.389 e. The van der Waals surface area contributed by atoms with Crippen molar-refractivity contribution in [2.45, 2.75) is 38.8 Å². The van der Waals surface area contributed by atoms with Crippen molar-refractivity contribution in [3.63, 3.8) is 0 Å². The predicted octanol–water partition coefficient (Wildman–Crippen LogP) is 2.28. The minimum Gasteiger partial charge on any atom is -0.389 e. The summed E-state index contributed by atoms with van der Waals surface area (Å²) in [7, 11) is 0. The van der Waals surface area contributed by atoms with E-state index in [9.17, 15) is 5.11 Å². The van der Waals surface area contributed by atoms with Gasteiger partial charge in [0, 0.05) is 18.7 Å². The SMILES string of the molecule is CCn1nc(C)c(Cl)c1CC1(O)CCSC1. The van der Waals surface area contributed by atoms with Gasteiger partial charge in [-0.2, -0.15) is 16.9 Å². The van der Waals surface area contributed by atoms with E-state index in [1.165, 1.54) is 0 Å². The molecule has 0 bridgehead atoms. The lowest BCUT2D eigenvalue weighted by molar-refractivity contribution is 0.0664. The van der Waals surface area contributed by atoms with Gasteiger partial charge in [-0.05, 0) is 26.0 Å². The highest BCUT2D eigenvalue weighted by molar-refractivity contribution is 7.99. The van der Waals surface area contributed by atoms with Crippen LogP contribution in [0, 0.1) is 6.92 Å². The van der Waals surface area contributed by atoms with Crippen LogP contribution in [-0.2, 0) is 13.0 Å². The lowest BCUT2D eigenvalue weighted by Gasteiger charge is -2.21. The van der Waals surface area contributed by atoms with E-state index in [-0.39, 0.29) is 0 Å². The molecule has 1 aliphatic heterocycles. The van der Waals surface area contributed by atoms with Gasteiger partial charge in [0.1, 0.15) is 0 Å². The van der Waals surface area contributed by atoms with Crippen LogP contribution in [0.3, 0.4) is 0 Å². The van der Waals surface area contributed by atoms with Gasteiger partial charge in [0.05, 0.1) is 22.0 Å². The van der Waals surface area contributed by atoms with Crippen molar-refractivity contribution in [2.24, 2.45) is 0 Å². The molecule has 2 heterocycles. The molecule has 0 radical (unpaired) electrons. The lowest BCUT2D eigenvalue weighted by atomic mass is 9.97. The second-order valence-electron chi connectivity index (χ2n) is 4.37. The number of aliphatic hydroxyl groups is 1. The van der Waals surface area contributed by atoms with Gasteiger partial charge in [0.2, 0.25) is 0 Å². The second kappa shape index (κ2) is 4.59. The summed E-state index contributed by atoms with van der Waals surface area (Å²) in [5.41, 5.74) is 1.24. The monoisotopic (exact) mass is 260 g/mol. The molecule has 1 aromatic rings. The molecule has 2 rings (SSSR count). The highest BCUT2D eigenvalue weighted by Crippen LogP contribution is 2.33. The third-order valence-corrected chi connectivity index (χ3v) is 4.76. The van der Waals surface area contributed by atoms with Crippen LogP contribution in [-0.4, -0.2) is 32.0 Å². The summed E-state index contributed by atoms with van der Waals surface area (Å²) in [5.74, 6) is 1.84. The van der Waals surface area contributed by atoms with Gasteiger partial charge in [0.15, 0.2) is 0 Å². The molecule has 1 N–H and O–H groups in total. The summed E-state index contributed by atoms with van der Waals surface area (Å²) < 4.78 is 1.90. The Morgan fingerprint density at radius 2 is 2.38 bits per heavy atom. The van der Waals surface area contributed by atoms with Gasteiger partial charge in [-0.15, -0.1) is 0 Å². The van der Waals surface area contributed by atoms with Crippen molar-refractivity contribution in [3.8, 4) is 0 Å². The molecule has 0 spiro atoms. The first-order valence-electron chi connectivity index (χ1n) is 5.57. The zero-order valence-corrected chi connectivity index (χ0v) is 11.2. The Morgan fingerprint density at radius 3 is 2.94 bits per heavy atom. The van der Waals surface area contributed by atoms with Crippen molar-refractivity contribution in [3.05, 3.63) is 16.4 Å². The number of thioether (sulfide) groups is 1. The molecule has 1 unspecified atom stereocenters. The van der Waals surface area contributed by atoms with Gasteiger partial charge >= 0.3 is 0 Å². The average Bonchev–Trinajstić information content (AvgIpc) is 2.78. The first-order chi connectivity index (χ1) is 7.56. The molecule has 3 nitrogen and oxygen atoms in total. The highest BCUT2D eigenvalue weighted by atomic mass is 35.5. The molecule has 90 valence electrons. The molecule has 1 aliphatic rings. The Balaban J connectivity index is 2.26.